The van der Waals surface area contributed by atoms with E-state index >= 15 is 0 Å². The first-order valence-electron chi connectivity index (χ1n) is 7.16. The number of carboxylic acid groups (broad SMARTS) is 1. The molecule has 10 heteroatoms. The van der Waals surface area contributed by atoms with Crippen molar-refractivity contribution >= 4 is 18.2 Å². The first-order chi connectivity index (χ1) is 10.8. The maximum atomic E-state index is 11.5. The van der Waals surface area contributed by atoms with E-state index in [0.717, 1.165) is 0 Å². The number of carboxylic acids is 1. The lowest BCUT2D eigenvalue weighted by atomic mass is 10.0. The minimum Gasteiger partial charge on any atom is -0.480 e. The van der Waals surface area contributed by atoms with Gasteiger partial charge in [-0.3, -0.25) is 9.59 Å². The Morgan fingerprint density at radius 3 is 2.30 bits per heavy atom. The Bertz CT molecular complexity index is 379. The number of carbonyl (C=O) groups is 3. The third-order valence-electron chi connectivity index (χ3n) is 3.20. The minimum atomic E-state index is -1.81. The molecule has 0 aliphatic rings. The highest BCUT2D eigenvalue weighted by Crippen LogP contribution is 2.02. The van der Waals surface area contributed by atoms with Gasteiger partial charge >= 0.3 is 5.97 Å². The summed E-state index contributed by atoms with van der Waals surface area (Å²) in [6.45, 7) is -0.658. The number of nitrogens with one attached hydrogen (secondary N) is 2. The molecule has 1 amide bonds. The molecule has 0 saturated carbocycles. The zero-order chi connectivity index (χ0) is 17.8. The third-order valence-corrected chi connectivity index (χ3v) is 3.20. The fourth-order valence-corrected chi connectivity index (χ4v) is 1.78. The number of hydrogen-bond donors (Lipinski definition) is 7. The smallest absolute Gasteiger partial charge is 0.326 e. The number of rotatable bonds is 14. The number of aliphatic carboxylic acids is 1. The molecule has 0 aliphatic heterocycles. The number of hydrogen-bond acceptors (Lipinski definition) is 8. The van der Waals surface area contributed by atoms with Gasteiger partial charge in [0.1, 0.15) is 24.4 Å². The molecule has 0 spiro atoms. The van der Waals surface area contributed by atoms with Crippen LogP contribution in [0.4, 0.5) is 0 Å². The Hall–Kier alpha value is -1.59. The summed E-state index contributed by atoms with van der Waals surface area (Å²) in [7, 11) is 0. The van der Waals surface area contributed by atoms with Crippen molar-refractivity contribution < 1.29 is 39.9 Å². The summed E-state index contributed by atoms with van der Waals surface area (Å²) in [6, 6.07) is -0.953. The molecule has 134 valence electrons. The van der Waals surface area contributed by atoms with E-state index in [9.17, 15) is 24.6 Å². The highest BCUT2D eigenvalue weighted by molar-refractivity contribution is 5.85. The molecule has 23 heavy (non-hydrogen) atoms. The van der Waals surface area contributed by atoms with Gasteiger partial charge in [-0.25, -0.2) is 4.79 Å². The van der Waals surface area contributed by atoms with Crippen LogP contribution in [0.25, 0.3) is 0 Å². The van der Waals surface area contributed by atoms with Crippen LogP contribution in [-0.4, -0.2) is 87.7 Å². The van der Waals surface area contributed by atoms with Crippen LogP contribution < -0.4 is 10.6 Å². The van der Waals surface area contributed by atoms with Crippen molar-refractivity contribution in [1.29, 1.82) is 0 Å². The SMILES string of the molecule is O=CN[C@H](CCCCNCC(=O)[C@@H](O)[C@H](O)[C@H](O)CO)C(=O)O. The number of ketones is 1. The Kier molecular flexibility index (Phi) is 11.1. The molecule has 0 rings (SSSR count). The largest absolute Gasteiger partial charge is 0.480 e. The summed E-state index contributed by atoms with van der Waals surface area (Å²) in [5.74, 6) is -1.86. The minimum absolute atomic E-state index is 0.244. The summed E-state index contributed by atoms with van der Waals surface area (Å²) in [5, 5.41) is 50.2. The maximum absolute atomic E-state index is 11.5. The predicted octanol–water partition coefficient (Wildman–Crippen LogP) is -3.41. The monoisotopic (exact) mass is 336 g/mol. The quantitative estimate of drug-likeness (QED) is 0.126. The second-order valence-electron chi connectivity index (χ2n) is 5.00. The standard InChI is InChI=1S/C13H24N2O8/c16-6-10(19)12(21)11(20)9(18)5-14-4-2-1-3-8(13(22)23)15-7-17/h7-8,10-12,14,16,19-21H,1-6H2,(H,15,17)(H,22,23)/t8-,10-,11-,12-/m1/s1. The number of carbonyl (C=O) groups excluding carboxylic acids is 2. The molecule has 0 aromatic carbocycles. The van der Waals surface area contributed by atoms with Crippen molar-refractivity contribution in [1.82, 2.24) is 10.6 Å². The number of Topliss-reactive ketones (excluding diaryl/α,β-unsaturated/α-hetero) is 1. The highest BCUT2D eigenvalue weighted by atomic mass is 16.4. The molecule has 0 bridgehead atoms. The Balaban J connectivity index is 3.88. The molecule has 0 fully saturated rings. The van der Waals surface area contributed by atoms with E-state index in [-0.39, 0.29) is 13.0 Å². The van der Waals surface area contributed by atoms with Gasteiger partial charge in [0.15, 0.2) is 5.78 Å². The zero-order valence-corrected chi connectivity index (χ0v) is 12.6. The molecule has 4 atom stereocenters. The zero-order valence-electron chi connectivity index (χ0n) is 12.6. The van der Waals surface area contributed by atoms with E-state index in [1.807, 2.05) is 0 Å². The van der Waals surface area contributed by atoms with Gasteiger partial charge < -0.3 is 36.2 Å². The van der Waals surface area contributed by atoms with Crippen LogP contribution in [0.1, 0.15) is 19.3 Å². The normalized spacial score (nSPS) is 16.2. The average molecular weight is 336 g/mol. The molecule has 0 radical (unpaired) electrons. The van der Waals surface area contributed by atoms with E-state index in [1.54, 1.807) is 0 Å². The van der Waals surface area contributed by atoms with Gasteiger partial charge in [-0.05, 0) is 25.8 Å². The topological polar surface area (TPSA) is 176 Å². The lowest BCUT2D eigenvalue weighted by Gasteiger charge is -2.20. The lowest BCUT2D eigenvalue weighted by molar-refractivity contribution is -0.140. The Morgan fingerprint density at radius 1 is 1.13 bits per heavy atom. The second kappa shape index (κ2) is 11.9. The van der Waals surface area contributed by atoms with Gasteiger partial charge in [-0.2, -0.15) is 0 Å². The summed E-state index contributed by atoms with van der Waals surface area (Å²) in [4.78, 5) is 32.5. The van der Waals surface area contributed by atoms with Gasteiger partial charge in [0.05, 0.1) is 13.2 Å². The third kappa shape index (κ3) is 8.57. The number of unbranched alkanes of at least 4 members (excludes halogenated alkanes) is 1. The van der Waals surface area contributed by atoms with Crippen LogP contribution in [0.5, 0.6) is 0 Å². The van der Waals surface area contributed by atoms with Gasteiger partial charge in [-0.1, -0.05) is 0 Å². The summed E-state index contributed by atoms with van der Waals surface area (Å²) in [6.07, 6.45) is -3.58. The van der Waals surface area contributed by atoms with E-state index in [0.29, 0.717) is 25.8 Å². The molecule has 0 aromatic rings. The molecule has 10 nitrogen and oxygen atoms in total. The van der Waals surface area contributed by atoms with E-state index < -0.39 is 42.7 Å². The number of amides is 1. The molecule has 0 saturated heterocycles. The molecule has 0 aliphatic carbocycles. The summed E-state index contributed by atoms with van der Waals surface area (Å²) in [5.41, 5.74) is 0. The van der Waals surface area contributed by atoms with Gasteiger partial charge in [0.2, 0.25) is 6.41 Å². The fraction of sp³-hybridized carbons (Fsp3) is 0.769. The van der Waals surface area contributed by atoms with E-state index in [4.69, 9.17) is 15.3 Å². The van der Waals surface area contributed by atoms with Crippen LogP contribution >= 0.6 is 0 Å². The molecular weight excluding hydrogens is 312 g/mol. The summed E-state index contributed by atoms with van der Waals surface area (Å²) >= 11 is 0. The lowest BCUT2D eigenvalue weighted by Crippen LogP contribution is -2.46. The molecule has 0 heterocycles. The first kappa shape index (κ1) is 21.4. The summed E-state index contributed by atoms with van der Waals surface area (Å²) < 4.78 is 0. The fourth-order valence-electron chi connectivity index (χ4n) is 1.78. The van der Waals surface area contributed by atoms with Crippen LogP contribution in [0.3, 0.4) is 0 Å². The molecular formula is C13H24N2O8. The molecule has 0 aromatic heterocycles. The van der Waals surface area contributed by atoms with Crippen LogP contribution in [-0.2, 0) is 14.4 Å². The Labute approximate surface area is 133 Å². The van der Waals surface area contributed by atoms with Crippen molar-refractivity contribution in [2.75, 3.05) is 19.7 Å². The molecule has 7 N–H and O–H groups in total. The number of aliphatic hydroxyl groups excluding tert-OH is 4. The van der Waals surface area contributed by atoms with Crippen molar-refractivity contribution in [3.05, 3.63) is 0 Å². The highest BCUT2D eigenvalue weighted by Gasteiger charge is 2.29. The van der Waals surface area contributed by atoms with Crippen LogP contribution in [0.2, 0.25) is 0 Å². The first-order valence-corrected chi connectivity index (χ1v) is 7.16. The van der Waals surface area contributed by atoms with Crippen LogP contribution in [0.15, 0.2) is 0 Å². The number of aliphatic hydroxyl groups is 4. The van der Waals surface area contributed by atoms with E-state index in [1.165, 1.54) is 0 Å². The van der Waals surface area contributed by atoms with Gasteiger partial charge in [0, 0.05) is 0 Å². The second-order valence-corrected chi connectivity index (χ2v) is 5.00. The van der Waals surface area contributed by atoms with Crippen molar-refractivity contribution in [2.45, 2.75) is 43.6 Å². The van der Waals surface area contributed by atoms with E-state index in [2.05, 4.69) is 10.6 Å². The van der Waals surface area contributed by atoms with Crippen molar-refractivity contribution in [2.24, 2.45) is 0 Å². The van der Waals surface area contributed by atoms with Gasteiger partial charge in [0.25, 0.3) is 0 Å². The van der Waals surface area contributed by atoms with Crippen LogP contribution in [0, 0.1) is 0 Å². The van der Waals surface area contributed by atoms with Crippen molar-refractivity contribution in [3.63, 3.8) is 0 Å². The maximum Gasteiger partial charge on any atom is 0.326 e. The van der Waals surface area contributed by atoms with Gasteiger partial charge in [-0.15, -0.1) is 0 Å². The predicted molar refractivity (Wildman–Crippen MR) is 77.5 cm³/mol. The molecule has 0 unspecified atom stereocenters. The average Bonchev–Trinajstić information content (AvgIpc) is 2.54. The Morgan fingerprint density at radius 2 is 1.78 bits per heavy atom. The van der Waals surface area contributed by atoms with Crippen molar-refractivity contribution in [3.8, 4) is 0 Å².